The van der Waals surface area contributed by atoms with Gasteiger partial charge in [-0.2, -0.15) is 0 Å². The number of aromatic nitrogens is 2. The van der Waals surface area contributed by atoms with Crippen molar-refractivity contribution in [1.29, 1.82) is 0 Å². The quantitative estimate of drug-likeness (QED) is 0.484. The van der Waals surface area contributed by atoms with Gasteiger partial charge in [-0.25, -0.2) is 23.1 Å². The molecule has 3 aromatic rings. The fourth-order valence-electron chi connectivity index (χ4n) is 3.38. The maximum absolute atomic E-state index is 14.2. The topological polar surface area (TPSA) is 114 Å². The number of para-hydroxylation sites is 1. The Hall–Kier alpha value is -3.79. The molecule has 0 bridgehead atoms. The van der Waals surface area contributed by atoms with Crippen molar-refractivity contribution in [1.82, 2.24) is 15.1 Å². The zero-order chi connectivity index (χ0) is 23.8. The van der Waals surface area contributed by atoms with E-state index in [9.17, 15) is 18.4 Å². The van der Waals surface area contributed by atoms with E-state index in [-0.39, 0.29) is 11.6 Å². The van der Waals surface area contributed by atoms with E-state index < -0.39 is 11.9 Å². The number of carboxylic acids is 2. The summed E-state index contributed by atoms with van der Waals surface area (Å²) in [7, 11) is 0. The van der Waals surface area contributed by atoms with E-state index in [1.807, 2.05) is 0 Å². The van der Waals surface area contributed by atoms with Crippen LogP contribution in [0.25, 0.3) is 16.6 Å². The minimum Gasteiger partial charge on any atom is -0.478 e. The van der Waals surface area contributed by atoms with Crippen molar-refractivity contribution < 1.29 is 33.3 Å². The Kier molecular flexibility index (Phi) is 8.09. The first kappa shape index (κ1) is 23.9. The highest BCUT2D eigenvalue weighted by Crippen LogP contribution is 2.29. The maximum atomic E-state index is 14.2. The van der Waals surface area contributed by atoms with Gasteiger partial charge in [0.15, 0.2) is 0 Å². The molecule has 0 saturated carbocycles. The molecule has 0 amide bonds. The number of nitrogens with one attached hydrogen (secondary N) is 1. The molecular formula is C23H23F2N3O5. The molecule has 3 N–H and O–H groups in total. The summed E-state index contributed by atoms with van der Waals surface area (Å²) in [6, 6.07) is 10.7. The summed E-state index contributed by atoms with van der Waals surface area (Å²) in [5.74, 6) is -2.54. The van der Waals surface area contributed by atoms with Crippen molar-refractivity contribution in [3.63, 3.8) is 0 Å². The Morgan fingerprint density at radius 3 is 2.52 bits per heavy atom. The van der Waals surface area contributed by atoms with E-state index in [1.165, 1.54) is 22.9 Å². The fourth-order valence-corrected chi connectivity index (χ4v) is 3.38. The van der Waals surface area contributed by atoms with Gasteiger partial charge in [-0.3, -0.25) is 0 Å². The summed E-state index contributed by atoms with van der Waals surface area (Å²) < 4.78 is 35.3. The molecule has 1 aromatic heterocycles. The number of rotatable bonds is 6. The summed E-state index contributed by atoms with van der Waals surface area (Å²) >= 11 is 0. The highest BCUT2D eigenvalue weighted by molar-refractivity contribution is 5.89. The first-order valence-corrected chi connectivity index (χ1v) is 10.3. The van der Waals surface area contributed by atoms with Gasteiger partial charge in [0.2, 0.25) is 5.88 Å². The molecule has 174 valence electrons. The normalized spacial score (nSPS) is 15.8. The standard InChI is InChI=1S/C19H19F2N3O.C4H4O4/c20-14-7-8-17-15(10-14)19(25-12-13-4-3-9-22-11-13)23-24(17)18-6-2-1-5-16(18)21;5-3(6)1-2-4(7)8/h1-2,5-8,10,13,22H,3-4,9,11-12H2;1-2H,(H,5,6)(H,7,8). The van der Waals surface area contributed by atoms with Gasteiger partial charge in [-0.1, -0.05) is 12.1 Å². The number of fused-ring (bicyclic) bond motifs is 1. The van der Waals surface area contributed by atoms with Gasteiger partial charge in [-0.15, -0.1) is 5.10 Å². The molecule has 10 heteroatoms. The number of carbonyl (C=O) groups is 2. The molecule has 33 heavy (non-hydrogen) atoms. The molecule has 2 aromatic carbocycles. The van der Waals surface area contributed by atoms with E-state index in [0.717, 1.165) is 25.9 Å². The molecule has 0 aliphatic carbocycles. The van der Waals surface area contributed by atoms with Crippen LogP contribution in [0.15, 0.2) is 54.6 Å². The number of piperidine rings is 1. The highest BCUT2D eigenvalue weighted by atomic mass is 19.1. The Morgan fingerprint density at radius 1 is 1.15 bits per heavy atom. The van der Waals surface area contributed by atoms with Crippen LogP contribution in [0.4, 0.5) is 8.78 Å². The van der Waals surface area contributed by atoms with Gasteiger partial charge in [0.1, 0.15) is 17.3 Å². The molecule has 1 unspecified atom stereocenters. The molecule has 1 atom stereocenters. The highest BCUT2D eigenvalue weighted by Gasteiger charge is 2.19. The summed E-state index contributed by atoms with van der Waals surface area (Å²) in [5, 5.41) is 23.9. The van der Waals surface area contributed by atoms with Gasteiger partial charge in [0, 0.05) is 24.6 Å². The molecule has 4 rings (SSSR count). The number of benzene rings is 2. The summed E-state index contributed by atoms with van der Waals surface area (Å²) in [5.41, 5.74) is 0.927. The first-order valence-electron chi connectivity index (χ1n) is 10.3. The number of hydrogen-bond donors (Lipinski definition) is 3. The van der Waals surface area contributed by atoms with Crippen molar-refractivity contribution in [3.8, 4) is 11.6 Å². The molecule has 0 radical (unpaired) electrons. The number of halogens is 2. The maximum Gasteiger partial charge on any atom is 0.328 e. The monoisotopic (exact) mass is 459 g/mol. The van der Waals surface area contributed by atoms with Crippen LogP contribution in [-0.4, -0.2) is 51.6 Å². The van der Waals surface area contributed by atoms with Crippen LogP contribution in [0.2, 0.25) is 0 Å². The molecular weight excluding hydrogens is 436 g/mol. The zero-order valence-corrected chi connectivity index (χ0v) is 17.6. The summed E-state index contributed by atoms with van der Waals surface area (Å²) in [4.78, 5) is 19.1. The molecule has 0 spiro atoms. The van der Waals surface area contributed by atoms with E-state index in [1.54, 1.807) is 24.3 Å². The van der Waals surface area contributed by atoms with Gasteiger partial charge in [-0.05, 0) is 49.7 Å². The number of carboxylic acid groups (broad SMARTS) is 2. The first-order chi connectivity index (χ1) is 15.8. The van der Waals surface area contributed by atoms with Gasteiger partial charge in [0.25, 0.3) is 0 Å². The second-order valence-electron chi connectivity index (χ2n) is 7.36. The largest absolute Gasteiger partial charge is 0.478 e. The SMILES string of the molecule is Fc1ccc2c(c1)c(OCC1CCCNC1)nn2-c1ccccc1F.O=C(O)C=CC(=O)O. The van der Waals surface area contributed by atoms with Crippen LogP contribution >= 0.6 is 0 Å². The molecule has 1 aliphatic heterocycles. The third-order valence-corrected chi connectivity index (χ3v) is 4.91. The second-order valence-corrected chi connectivity index (χ2v) is 7.36. The zero-order valence-electron chi connectivity index (χ0n) is 17.6. The molecule has 1 saturated heterocycles. The lowest BCUT2D eigenvalue weighted by Gasteiger charge is -2.22. The van der Waals surface area contributed by atoms with Crippen LogP contribution in [-0.2, 0) is 9.59 Å². The second kappa shape index (κ2) is 11.2. The Labute approximate surface area is 188 Å². The molecule has 1 fully saturated rings. The Morgan fingerprint density at radius 2 is 1.88 bits per heavy atom. The van der Waals surface area contributed by atoms with Crippen molar-refractivity contribution in [2.45, 2.75) is 12.8 Å². The predicted octanol–water partition coefficient (Wildman–Crippen LogP) is 3.39. The van der Waals surface area contributed by atoms with Gasteiger partial charge < -0.3 is 20.3 Å². The van der Waals surface area contributed by atoms with Crippen LogP contribution in [0.1, 0.15) is 12.8 Å². The van der Waals surface area contributed by atoms with Crippen LogP contribution in [0.5, 0.6) is 5.88 Å². The average Bonchev–Trinajstić information content (AvgIpc) is 3.15. The summed E-state index contributed by atoms with van der Waals surface area (Å²) in [6.07, 6.45) is 3.32. The smallest absolute Gasteiger partial charge is 0.328 e. The van der Waals surface area contributed by atoms with Crippen molar-refractivity contribution in [2.24, 2.45) is 5.92 Å². The number of aliphatic carboxylic acids is 2. The molecule has 1 aliphatic rings. The van der Waals surface area contributed by atoms with Gasteiger partial charge in [0.05, 0.1) is 17.5 Å². The summed E-state index contributed by atoms with van der Waals surface area (Å²) in [6.45, 7) is 2.44. The lowest BCUT2D eigenvalue weighted by molar-refractivity contribution is -0.134. The predicted molar refractivity (Wildman–Crippen MR) is 116 cm³/mol. The fraction of sp³-hybridized carbons (Fsp3) is 0.261. The lowest BCUT2D eigenvalue weighted by atomic mass is 10.0. The van der Waals surface area contributed by atoms with Crippen molar-refractivity contribution >= 4 is 22.8 Å². The molecule has 8 nitrogen and oxygen atoms in total. The Bertz CT molecular complexity index is 1140. The number of hydrogen-bond acceptors (Lipinski definition) is 5. The molecule has 2 heterocycles. The van der Waals surface area contributed by atoms with E-state index in [0.29, 0.717) is 47.1 Å². The third kappa shape index (κ3) is 6.59. The van der Waals surface area contributed by atoms with Crippen LogP contribution in [0.3, 0.4) is 0 Å². The van der Waals surface area contributed by atoms with E-state index in [4.69, 9.17) is 14.9 Å². The van der Waals surface area contributed by atoms with Gasteiger partial charge >= 0.3 is 11.9 Å². The number of ether oxygens (including phenoxy) is 1. The average molecular weight is 459 g/mol. The number of nitrogens with zero attached hydrogens (tertiary/aromatic N) is 2. The van der Waals surface area contributed by atoms with Crippen LogP contribution < -0.4 is 10.1 Å². The Balaban J connectivity index is 0.000000331. The minimum absolute atomic E-state index is 0.313. The van der Waals surface area contributed by atoms with E-state index >= 15 is 0 Å². The van der Waals surface area contributed by atoms with Crippen molar-refractivity contribution in [2.75, 3.05) is 19.7 Å². The third-order valence-electron chi connectivity index (χ3n) is 4.91. The lowest BCUT2D eigenvalue weighted by Crippen LogP contribution is -2.33. The van der Waals surface area contributed by atoms with Crippen molar-refractivity contribution in [3.05, 3.63) is 66.3 Å². The minimum atomic E-state index is -1.26. The van der Waals surface area contributed by atoms with Crippen LogP contribution in [0, 0.1) is 17.6 Å². The van der Waals surface area contributed by atoms with E-state index in [2.05, 4.69) is 10.4 Å².